The highest BCUT2D eigenvalue weighted by Crippen LogP contribution is 2.37. The highest BCUT2D eigenvalue weighted by molar-refractivity contribution is 6.28. The van der Waals surface area contributed by atoms with Gasteiger partial charge in [0.2, 0.25) is 17.2 Å². The Kier molecular flexibility index (Phi) is 23.4. The van der Waals surface area contributed by atoms with Crippen LogP contribution in [0, 0.1) is 52.7 Å². The number of piperazine rings is 3. The minimum Gasteiger partial charge on any atom is -0.384 e. The molecule has 6 aliphatic rings. The predicted molar refractivity (Wildman–Crippen MR) is 422 cm³/mol. The molecule has 18 rings (SSSR count). The standard InChI is InChI=1S/2C27H30F2N8.C15H11ClF2N4.C12H20N4/c2*1-3-35-6-8-36(9-7-35)16-18-4-5-23(30-13-18)32-27-31-14-21(29)25(34-27)19-11-20(28)26-22(12-19)37-15-17(2)10-24(37)33-26;1-7-2-12-20-14-9(17)3-8(4-11(14)22(12)6-7)13-10(18)5-19-15(16)21-13;1-2-15-5-7-16(8-6-15)10-11-3-4-12(13)14-9-11/h2*4-5,11-14,17H,3,6-10,15-16H2,1-2H3,(H,30,31,32,34);3-5,7H,2,6H2,1H3;3-4,9H,2,5-8,10H2,1H3,(H2,13,14). The van der Waals surface area contributed by atoms with Crippen LogP contribution in [-0.4, -0.2) is 201 Å². The highest BCUT2D eigenvalue weighted by Gasteiger charge is 2.29. The van der Waals surface area contributed by atoms with Gasteiger partial charge in [-0.15, -0.1) is 0 Å². The maximum absolute atomic E-state index is 14.9. The van der Waals surface area contributed by atoms with E-state index < -0.39 is 34.9 Å². The number of fused-ring (bicyclic) bond motifs is 9. The van der Waals surface area contributed by atoms with Crippen LogP contribution in [0.1, 0.15) is 75.7 Å². The van der Waals surface area contributed by atoms with Crippen molar-refractivity contribution in [2.75, 3.05) is 115 Å². The van der Waals surface area contributed by atoms with Crippen LogP contribution in [0.3, 0.4) is 0 Å². The number of anilines is 5. The Hall–Kier alpha value is -10.2. The van der Waals surface area contributed by atoms with E-state index >= 15 is 0 Å². The lowest BCUT2D eigenvalue weighted by molar-refractivity contribution is 0.132. The first kappa shape index (κ1) is 77.1. The molecule has 3 fully saturated rings. The van der Waals surface area contributed by atoms with E-state index in [4.69, 9.17) is 17.3 Å². The molecule has 24 nitrogen and oxygen atoms in total. The Morgan fingerprint density at radius 3 is 1.02 bits per heavy atom. The molecule has 12 aromatic rings. The lowest BCUT2D eigenvalue weighted by Crippen LogP contribution is -2.45. The van der Waals surface area contributed by atoms with Gasteiger partial charge in [-0.25, -0.2) is 86.2 Å². The zero-order chi connectivity index (χ0) is 77.8. The lowest BCUT2D eigenvalue weighted by Gasteiger charge is -2.33. The first-order valence-corrected chi connectivity index (χ1v) is 38.9. The summed E-state index contributed by atoms with van der Waals surface area (Å²) in [6, 6.07) is 20.8. The normalized spacial score (nSPS) is 18.2. The second-order valence-corrected chi connectivity index (χ2v) is 30.4. The predicted octanol–water partition coefficient (Wildman–Crippen LogP) is 12.9. The summed E-state index contributed by atoms with van der Waals surface area (Å²) < 4.78 is 93.7. The van der Waals surface area contributed by atoms with E-state index in [2.05, 4.69) is 147 Å². The van der Waals surface area contributed by atoms with E-state index in [1.807, 2.05) is 62.6 Å². The van der Waals surface area contributed by atoms with Crippen LogP contribution in [-0.2, 0) is 58.5 Å². The van der Waals surface area contributed by atoms with Crippen LogP contribution in [0.2, 0.25) is 5.28 Å². The van der Waals surface area contributed by atoms with Crippen molar-refractivity contribution in [2.24, 2.45) is 17.8 Å². The summed E-state index contributed by atoms with van der Waals surface area (Å²) >= 11 is 5.72. The number of imidazole rings is 3. The number of nitrogens with one attached hydrogen (secondary N) is 2. The van der Waals surface area contributed by atoms with Crippen LogP contribution in [0.25, 0.3) is 66.9 Å². The number of likely N-dealkylation sites (N-methyl/N-ethyl adjacent to an activating group) is 3. The van der Waals surface area contributed by atoms with E-state index in [-0.39, 0.29) is 34.3 Å². The largest absolute Gasteiger partial charge is 0.384 e. The van der Waals surface area contributed by atoms with Gasteiger partial charge < -0.3 is 44.8 Å². The van der Waals surface area contributed by atoms with Crippen molar-refractivity contribution in [1.29, 1.82) is 0 Å². The highest BCUT2D eigenvalue weighted by atomic mass is 35.5. The van der Waals surface area contributed by atoms with Crippen LogP contribution < -0.4 is 16.4 Å². The number of aromatic nitrogens is 15. The molecule has 112 heavy (non-hydrogen) atoms. The second kappa shape index (κ2) is 34.0. The second-order valence-electron chi connectivity index (χ2n) is 30.0. The number of nitrogens with two attached hydrogens (primary N) is 1. The minimum absolute atomic E-state index is 0.0117. The molecule has 31 heteroatoms. The Bertz CT molecular complexity index is 5090. The monoisotopic (exact) mass is 1550 g/mol. The Labute approximate surface area is 650 Å². The van der Waals surface area contributed by atoms with E-state index in [9.17, 15) is 26.3 Å². The molecule has 0 radical (unpaired) electrons. The molecule has 9 aromatic heterocycles. The maximum Gasteiger partial charge on any atom is 0.229 e. The third-order valence-electron chi connectivity index (χ3n) is 21.7. The van der Waals surface area contributed by atoms with Gasteiger partial charge in [0.05, 0.1) is 35.1 Å². The summed E-state index contributed by atoms with van der Waals surface area (Å²) in [5, 5.41) is 6.02. The fourth-order valence-corrected chi connectivity index (χ4v) is 15.7. The summed E-state index contributed by atoms with van der Waals surface area (Å²) in [4.78, 5) is 65.4. The van der Waals surface area contributed by atoms with Crippen LogP contribution in [0.4, 0.5) is 55.7 Å². The van der Waals surface area contributed by atoms with Gasteiger partial charge in [0.1, 0.15) is 68.6 Å². The van der Waals surface area contributed by atoms with E-state index in [1.54, 1.807) is 18.2 Å². The van der Waals surface area contributed by atoms with Gasteiger partial charge in [-0.1, -0.05) is 59.7 Å². The molecule has 6 aliphatic heterocycles. The van der Waals surface area contributed by atoms with E-state index in [1.165, 1.54) is 36.9 Å². The van der Waals surface area contributed by atoms with Gasteiger partial charge in [-0.2, -0.15) is 0 Å². The number of hydrogen-bond donors (Lipinski definition) is 3. The van der Waals surface area contributed by atoms with Crippen molar-refractivity contribution in [2.45, 2.75) is 100 Å². The van der Waals surface area contributed by atoms with Crippen molar-refractivity contribution >= 4 is 74.1 Å². The first-order valence-electron chi connectivity index (χ1n) is 38.5. The summed E-state index contributed by atoms with van der Waals surface area (Å²) in [6.07, 6.45) is 11.2. The molecule has 3 saturated heterocycles. The molecule has 15 heterocycles. The van der Waals surface area contributed by atoms with Gasteiger partial charge >= 0.3 is 0 Å². The fourth-order valence-electron chi connectivity index (χ4n) is 15.6. The number of pyridine rings is 3. The lowest BCUT2D eigenvalue weighted by atomic mass is 10.1. The van der Waals surface area contributed by atoms with Crippen molar-refractivity contribution in [3.05, 3.63) is 184 Å². The summed E-state index contributed by atoms with van der Waals surface area (Å²) in [5.41, 5.74) is 13.1. The number of nitrogens with zero attached hydrogens (tertiary/aromatic N) is 21. The molecular formula is C81H91ClF6N24. The molecule has 4 N–H and O–H groups in total. The van der Waals surface area contributed by atoms with E-state index in [0.29, 0.717) is 85.0 Å². The van der Waals surface area contributed by atoms with Gasteiger partial charge in [-0.05, 0) is 120 Å². The number of hydrogen-bond acceptors (Lipinski definition) is 21. The summed E-state index contributed by atoms with van der Waals surface area (Å²) in [5.74, 6) is 2.69. The van der Waals surface area contributed by atoms with Crippen LogP contribution >= 0.6 is 11.6 Å². The summed E-state index contributed by atoms with van der Waals surface area (Å²) in [6.45, 7) is 34.6. The average molecular weight is 1550 g/mol. The van der Waals surface area contributed by atoms with Gasteiger partial charge in [0, 0.05) is 172 Å². The number of nitrogen functional groups attached to an aromatic ring is 1. The van der Waals surface area contributed by atoms with Crippen molar-refractivity contribution in [1.82, 2.24) is 103 Å². The van der Waals surface area contributed by atoms with Gasteiger partial charge in [0.15, 0.2) is 34.9 Å². The Morgan fingerprint density at radius 1 is 0.375 bits per heavy atom. The molecule has 3 aromatic carbocycles. The Morgan fingerprint density at radius 2 is 0.696 bits per heavy atom. The van der Waals surface area contributed by atoms with E-state index in [0.717, 1.165) is 191 Å². The quantitative estimate of drug-likeness (QED) is 0.0602. The van der Waals surface area contributed by atoms with Gasteiger partial charge in [-0.3, -0.25) is 14.7 Å². The molecule has 0 saturated carbocycles. The topological polar surface area (TPSA) is 239 Å². The molecule has 3 unspecified atom stereocenters. The number of rotatable bonds is 16. The average Bonchev–Trinajstić information content (AvgIpc) is 1.62. The first-order chi connectivity index (χ1) is 54.2. The van der Waals surface area contributed by atoms with Gasteiger partial charge in [0.25, 0.3) is 0 Å². The fraction of sp³-hybridized carbons (Fsp3) is 0.407. The molecule has 0 aliphatic carbocycles. The molecular weight excluding hydrogens is 1460 g/mol. The number of halogens is 7. The zero-order valence-corrected chi connectivity index (χ0v) is 64.5. The molecule has 0 bridgehead atoms. The Balaban J connectivity index is 0.000000124. The van der Waals surface area contributed by atoms with Crippen LogP contribution in [0.5, 0.6) is 0 Å². The maximum atomic E-state index is 14.9. The summed E-state index contributed by atoms with van der Waals surface area (Å²) in [7, 11) is 0. The van der Waals surface area contributed by atoms with Crippen molar-refractivity contribution in [3.8, 4) is 33.8 Å². The molecule has 0 amide bonds. The number of benzene rings is 3. The smallest absolute Gasteiger partial charge is 0.229 e. The van der Waals surface area contributed by atoms with Crippen molar-refractivity contribution in [3.63, 3.8) is 0 Å². The third kappa shape index (κ3) is 17.7. The van der Waals surface area contributed by atoms with Crippen molar-refractivity contribution < 1.29 is 26.3 Å². The third-order valence-corrected chi connectivity index (χ3v) is 21.9. The minimum atomic E-state index is -0.641. The van der Waals surface area contributed by atoms with Crippen LogP contribution in [0.15, 0.2) is 110 Å². The SMILES string of the molecule is CC1Cc2nc3c(F)cc(-c4nc(Cl)ncc4F)cc3n2C1.CCN1CCN(Cc2ccc(N)nc2)CC1.CCN1CCN(Cc2ccc(Nc3ncc(F)c(-c4cc(F)c5nc6n(c5c4)CC(C)C6)n3)nc2)CC1.CCN1CCN(Cc2ccc(Nc3ncc(F)c(-c4cc(F)c5nc6n(c5c4)CC(C)C6)n3)nc2)CC1. The zero-order valence-electron chi connectivity index (χ0n) is 63.7. The molecule has 3 atom stereocenters. The molecule has 584 valence electrons. The molecule has 0 spiro atoms.